The van der Waals surface area contributed by atoms with Gasteiger partial charge in [0.25, 0.3) is 0 Å². The van der Waals surface area contributed by atoms with E-state index in [1.165, 1.54) is 5.56 Å². The van der Waals surface area contributed by atoms with Crippen LogP contribution in [0.15, 0.2) is 24.3 Å². The van der Waals surface area contributed by atoms with Crippen LogP contribution in [0.5, 0.6) is 0 Å². The minimum Gasteiger partial charge on any atom is -0.0862 e. The Balaban J connectivity index is 2.75. The highest BCUT2D eigenvalue weighted by atomic mass is 79.9. The molecule has 0 aromatic heterocycles. The Bertz CT molecular complexity index is 184. The summed E-state index contributed by atoms with van der Waals surface area (Å²) < 4.78 is 0. The van der Waals surface area contributed by atoms with Crippen molar-refractivity contribution in [3.8, 4) is 0 Å². The Labute approximate surface area is 77.9 Å². The molecule has 0 bridgehead atoms. The molecule has 0 aliphatic heterocycles. The highest BCUT2D eigenvalue weighted by molar-refractivity contribution is 9.12. The Hall–Kier alpha value is 0.180. The zero-order valence-electron chi connectivity index (χ0n) is 5.22. The summed E-state index contributed by atoms with van der Waals surface area (Å²) in [6.45, 7) is 0. The average molecular weight is 262 g/mol. The van der Waals surface area contributed by atoms with E-state index in [0.29, 0.717) is 0 Å². The molecule has 10 heavy (non-hydrogen) atoms. The second kappa shape index (κ2) is 4.14. The molecule has 0 heterocycles. The number of hydrogen-bond acceptors (Lipinski definition) is 0. The van der Waals surface area contributed by atoms with Crippen molar-refractivity contribution in [3.63, 3.8) is 0 Å². The first-order chi connectivity index (χ1) is 4.84. The van der Waals surface area contributed by atoms with Gasteiger partial charge in [0.2, 0.25) is 0 Å². The molecule has 1 aromatic carbocycles. The maximum Gasteiger partial charge on any atom is 0.0531 e. The molecule has 0 nitrogen and oxygen atoms in total. The van der Waals surface area contributed by atoms with Gasteiger partial charge in [-0.3, -0.25) is 0 Å². The average Bonchev–Trinajstić information content (AvgIpc) is 2.05. The first kappa shape index (κ1) is 8.28. The largest absolute Gasteiger partial charge is 0.0862 e. The van der Waals surface area contributed by atoms with Crippen LogP contribution in [-0.4, -0.2) is 0 Å². The zero-order valence-corrected chi connectivity index (χ0v) is 8.39. The van der Waals surface area contributed by atoms with Gasteiger partial charge >= 0.3 is 0 Å². The van der Waals surface area contributed by atoms with Crippen LogP contribution >= 0.6 is 31.9 Å². The first-order valence-corrected chi connectivity index (χ1v) is 4.71. The van der Waals surface area contributed by atoms with Crippen molar-refractivity contribution in [2.75, 3.05) is 0 Å². The number of halogens is 2. The van der Waals surface area contributed by atoms with Crippen LogP contribution in [0.3, 0.4) is 0 Å². The predicted octanol–water partition coefficient (Wildman–Crippen LogP) is 3.48. The molecule has 52 valence electrons. The van der Waals surface area contributed by atoms with Crippen LogP contribution < -0.4 is 0 Å². The minimum atomic E-state index is 0.282. The molecular weight excluding hydrogens is 256 g/mol. The summed E-state index contributed by atoms with van der Waals surface area (Å²) in [5, 5.41) is 1.91. The van der Waals surface area contributed by atoms with Gasteiger partial charge in [-0.25, -0.2) is 0 Å². The summed E-state index contributed by atoms with van der Waals surface area (Å²) in [6, 6.07) is 10.9. The Morgan fingerprint density at radius 1 is 1.60 bits per heavy atom. The van der Waals surface area contributed by atoms with E-state index in [0.717, 1.165) is 0 Å². The fourth-order valence-electron chi connectivity index (χ4n) is 0.652. The summed E-state index contributed by atoms with van der Waals surface area (Å²) in [5.74, 6) is 0. The van der Waals surface area contributed by atoms with Gasteiger partial charge in [-0.05, 0) is 17.7 Å². The molecule has 0 amide bonds. The van der Waals surface area contributed by atoms with E-state index in [1.54, 1.807) is 0 Å². The van der Waals surface area contributed by atoms with E-state index in [2.05, 4.69) is 37.9 Å². The summed E-state index contributed by atoms with van der Waals surface area (Å²) in [6.07, 6.45) is 0. The summed E-state index contributed by atoms with van der Waals surface area (Å²) in [7, 11) is 0. The molecular formula is C8H6Br2. The Morgan fingerprint density at radius 3 is 2.90 bits per heavy atom. The first-order valence-electron chi connectivity index (χ1n) is 2.88. The summed E-state index contributed by atoms with van der Waals surface area (Å²) >= 11 is 6.73. The minimum absolute atomic E-state index is 0.282. The van der Waals surface area contributed by atoms with Gasteiger partial charge in [-0.1, -0.05) is 50.1 Å². The third-order valence-electron chi connectivity index (χ3n) is 1.16. The molecule has 2 radical (unpaired) electrons. The molecule has 1 atom stereocenters. The van der Waals surface area contributed by atoms with Gasteiger partial charge in [0.15, 0.2) is 0 Å². The molecule has 2 heteroatoms. The molecule has 0 spiro atoms. The third kappa shape index (κ3) is 2.10. The van der Waals surface area contributed by atoms with Crippen LogP contribution in [0.25, 0.3) is 0 Å². The molecule has 0 saturated heterocycles. The highest BCUT2D eigenvalue weighted by Gasteiger charge is 2.02. The van der Waals surface area contributed by atoms with Gasteiger partial charge in [-0.2, -0.15) is 0 Å². The SMILES string of the molecule is Br[CH]C(Br)c1c[c]ccc1. The van der Waals surface area contributed by atoms with Gasteiger partial charge < -0.3 is 0 Å². The van der Waals surface area contributed by atoms with Crippen LogP contribution in [0.2, 0.25) is 0 Å². The lowest BCUT2D eigenvalue weighted by atomic mass is 10.2. The Kier molecular flexibility index (Phi) is 3.43. The molecule has 0 aliphatic carbocycles. The summed E-state index contributed by atoms with van der Waals surface area (Å²) in [5.41, 5.74) is 1.21. The van der Waals surface area contributed by atoms with Gasteiger partial charge in [0.1, 0.15) is 0 Å². The fraction of sp³-hybridized carbons (Fsp3) is 0.125. The van der Waals surface area contributed by atoms with Crippen molar-refractivity contribution in [2.24, 2.45) is 0 Å². The van der Waals surface area contributed by atoms with Crippen molar-refractivity contribution < 1.29 is 0 Å². The topological polar surface area (TPSA) is 0 Å². The quantitative estimate of drug-likeness (QED) is 0.715. The number of rotatable bonds is 2. The maximum atomic E-state index is 3.46. The molecule has 0 N–H and O–H groups in total. The smallest absolute Gasteiger partial charge is 0.0531 e. The zero-order chi connectivity index (χ0) is 7.40. The van der Waals surface area contributed by atoms with E-state index in [9.17, 15) is 0 Å². The monoisotopic (exact) mass is 260 g/mol. The van der Waals surface area contributed by atoms with Crippen molar-refractivity contribution in [1.29, 1.82) is 0 Å². The summed E-state index contributed by atoms with van der Waals surface area (Å²) in [4.78, 5) is 0.282. The van der Waals surface area contributed by atoms with E-state index >= 15 is 0 Å². The molecule has 0 saturated carbocycles. The number of alkyl halides is 1. The highest BCUT2D eigenvalue weighted by Crippen LogP contribution is 2.27. The van der Waals surface area contributed by atoms with Crippen molar-refractivity contribution in [2.45, 2.75) is 4.83 Å². The molecule has 1 unspecified atom stereocenters. The second-order valence-electron chi connectivity index (χ2n) is 1.86. The lowest BCUT2D eigenvalue weighted by molar-refractivity contribution is 1.24. The van der Waals surface area contributed by atoms with Crippen molar-refractivity contribution in [1.82, 2.24) is 0 Å². The van der Waals surface area contributed by atoms with E-state index in [1.807, 2.05) is 29.6 Å². The van der Waals surface area contributed by atoms with Gasteiger partial charge in [0.05, 0.1) is 4.83 Å². The molecule has 1 aromatic rings. The Morgan fingerprint density at radius 2 is 2.40 bits per heavy atom. The molecule has 0 fully saturated rings. The molecule has 0 aliphatic rings. The second-order valence-corrected chi connectivity index (χ2v) is 3.38. The van der Waals surface area contributed by atoms with Crippen LogP contribution in [0, 0.1) is 11.4 Å². The standard InChI is InChI=1S/C8H6Br2/c9-6-8(10)7-4-2-1-3-5-7/h1-2,4-6,8H. The van der Waals surface area contributed by atoms with Crippen molar-refractivity contribution in [3.05, 3.63) is 41.2 Å². The van der Waals surface area contributed by atoms with Crippen LogP contribution in [0.4, 0.5) is 0 Å². The van der Waals surface area contributed by atoms with E-state index in [-0.39, 0.29) is 4.83 Å². The van der Waals surface area contributed by atoms with Gasteiger partial charge in [0, 0.05) is 5.33 Å². The number of hydrogen-bond donors (Lipinski definition) is 0. The van der Waals surface area contributed by atoms with Crippen LogP contribution in [-0.2, 0) is 0 Å². The fourth-order valence-corrected chi connectivity index (χ4v) is 1.24. The third-order valence-corrected chi connectivity index (χ3v) is 3.19. The van der Waals surface area contributed by atoms with Gasteiger partial charge in [-0.15, -0.1) is 0 Å². The maximum absolute atomic E-state index is 3.46. The number of benzene rings is 1. The molecule has 1 rings (SSSR count). The van der Waals surface area contributed by atoms with Crippen LogP contribution in [0.1, 0.15) is 10.4 Å². The predicted molar refractivity (Wildman–Crippen MR) is 50.2 cm³/mol. The normalized spacial score (nSPS) is 13.0. The lowest BCUT2D eigenvalue weighted by Crippen LogP contribution is -1.84. The van der Waals surface area contributed by atoms with Crippen molar-refractivity contribution >= 4 is 31.9 Å². The van der Waals surface area contributed by atoms with E-state index in [4.69, 9.17) is 0 Å². The lowest BCUT2D eigenvalue weighted by Gasteiger charge is -2.03. The van der Waals surface area contributed by atoms with E-state index < -0.39 is 0 Å².